The molecule has 0 saturated heterocycles. The van der Waals surface area contributed by atoms with Crippen LogP contribution in [0, 0.1) is 11.3 Å². The van der Waals surface area contributed by atoms with E-state index in [1.165, 1.54) is 0 Å². The number of ether oxygens (including phenoxy) is 1. The number of halogens is 1. The van der Waals surface area contributed by atoms with Gasteiger partial charge in [0.05, 0.1) is 6.61 Å². The van der Waals surface area contributed by atoms with Gasteiger partial charge in [-0.05, 0) is 54.0 Å². The summed E-state index contributed by atoms with van der Waals surface area (Å²) in [5.41, 5.74) is 3.59. The van der Waals surface area contributed by atoms with Crippen molar-refractivity contribution in [2.24, 2.45) is 0 Å². The molecule has 3 aromatic carbocycles. The van der Waals surface area contributed by atoms with E-state index in [1.54, 1.807) is 18.2 Å². The van der Waals surface area contributed by atoms with Crippen molar-refractivity contribution >= 4 is 33.6 Å². The molecule has 0 atom stereocenters. The van der Waals surface area contributed by atoms with E-state index in [0.29, 0.717) is 18.7 Å². The van der Waals surface area contributed by atoms with Gasteiger partial charge in [-0.1, -0.05) is 64.5 Å². The third-order valence-corrected chi connectivity index (χ3v) is 5.21. The van der Waals surface area contributed by atoms with Crippen LogP contribution >= 0.6 is 15.9 Å². The number of nitriles is 1. The number of nitrogens with one attached hydrogen (secondary N) is 1. The van der Waals surface area contributed by atoms with E-state index < -0.39 is 5.91 Å². The van der Waals surface area contributed by atoms with Gasteiger partial charge >= 0.3 is 0 Å². The van der Waals surface area contributed by atoms with Crippen LogP contribution in [0.2, 0.25) is 0 Å². The van der Waals surface area contributed by atoms with E-state index in [1.807, 2.05) is 67.6 Å². The molecule has 4 nitrogen and oxygen atoms in total. The Bertz CT molecular complexity index is 1100. The van der Waals surface area contributed by atoms with Crippen molar-refractivity contribution in [1.82, 2.24) is 0 Å². The van der Waals surface area contributed by atoms with Crippen molar-refractivity contribution in [1.29, 1.82) is 5.26 Å². The second kappa shape index (κ2) is 10.4. The number of carbonyl (C=O) groups is 1. The average Bonchev–Trinajstić information content (AvgIpc) is 2.76. The van der Waals surface area contributed by atoms with Crippen LogP contribution in [0.5, 0.6) is 5.75 Å². The summed E-state index contributed by atoms with van der Waals surface area (Å²) in [5.74, 6) is 0.293. The molecule has 0 heterocycles. The number of para-hydroxylation sites is 1. The Morgan fingerprint density at radius 1 is 1.07 bits per heavy atom. The van der Waals surface area contributed by atoms with Crippen LogP contribution in [0.4, 0.5) is 5.69 Å². The van der Waals surface area contributed by atoms with Crippen LogP contribution < -0.4 is 10.1 Å². The Morgan fingerprint density at radius 2 is 1.80 bits per heavy atom. The molecule has 0 bridgehead atoms. The number of hydrogen-bond donors (Lipinski definition) is 1. The molecule has 0 spiro atoms. The molecule has 3 aromatic rings. The molecule has 0 aliphatic carbocycles. The highest BCUT2D eigenvalue weighted by atomic mass is 79.9. The number of rotatable bonds is 7. The monoisotopic (exact) mass is 460 g/mol. The number of amides is 1. The fourth-order valence-electron chi connectivity index (χ4n) is 2.98. The Hall–Kier alpha value is -3.36. The summed E-state index contributed by atoms with van der Waals surface area (Å²) >= 11 is 3.59. The van der Waals surface area contributed by atoms with Gasteiger partial charge in [0.25, 0.3) is 5.91 Å². The molecule has 0 aliphatic heterocycles. The molecule has 1 N–H and O–H groups in total. The highest BCUT2D eigenvalue weighted by Gasteiger charge is 2.12. The first-order valence-electron chi connectivity index (χ1n) is 9.58. The van der Waals surface area contributed by atoms with Crippen molar-refractivity contribution in [3.8, 4) is 11.8 Å². The summed E-state index contributed by atoms with van der Waals surface area (Å²) < 4.78 is 6.88. The lowest BCUT2D eigenvalue weighted by Gasteiger charge is -2.12. The SMILES string of the molecule is CCOc1cc(/C=C(\C#N)C(=O)Nc2ccccc2)ccc1Cc1ccccc1Br. The standard InChI is InChI=1S/C25H21BrN2O2/c1-2-30-24-15-18(12-13-20(24)16-19-8-6-7-11-23(19)26)14-21(17-27)25(29)28-22-9-4-3-5-10-22/h3-15H,2,16H2,1H3,(H,28,29)/b21-14+. The largest absolute Gasteiger partial charge is 0.494 e. The molecular formula is C25H21BrN2O2. The van der Waals surface area contributed by atoms with Gasteiger partial charge in [-0.15, -0.1) is 0 Å². The third kappa shape index (κ3) is 5.59. The summed E-state index contributed by atoms with van der Waals surface area (Å²) in [6.07, 6.45) is 2.28. The fourth-order valence-corrected chi connectivity index (χ4v) is 3.40. The van der Waals surface area contributed by atoms with Crippen molar-refractivity contribution in [3.05, 3.63) is 99.5 Å². The number of nitrogens with zero attached hydrogens (tertiary/aromatic N) is 1. The van der Waals surface area contributed by atoms with E-state index in [0.717, 1.165) is 26.9 Å². The second-order valence-electron chi connectivity index (χ2n) is 6.56. The van der Waals surface area contributed by atoms with Gasteiger partial charge in [0.1, 0.15) is 17.4 Å². The summed E-state index contributed by atoms with van der Waals surface area (Å²) in [6, 6.07) is 24.8. The van der Waals surface area contributed by atoms with Crippen LogP contribution in [0.25, 0.3) is 6.08 Å². The van der Waals surface area contributed by atoms with Gasteiger partial charge in [-0.2, -0.15) is 5.26 Å². The molecule has 0 aliphatic rings. The zero-order valence-corrected chi connectivity index (χ0v) is 18.1. The van der Waals surface area contributed by atoms with Gasteiger partial charge in [-0.25, -0.2) is 0 Å². The van der Waals surface area contributed by atoms with Crippen molar-refractivity contribution < 1.29 is 9.53 Å². The van der Waals surface area contributed by atoms with Crippen molar-refractivity contribution in [2.45, 2.75) is 13.3 Å². The minimum absolute atomic E-state index is 0.0276. The lowest BCUT2D eigenvalue weighted by atomic mass is 10.0. The molecule has 1 amide bonds. The Morgan fingerprint density at radius 3 is 2.50 bits per heavy atom. The zero-order valence-electron chi connectivity index (χ0n) is 16.6. The second-order valence-corrected chi connectivity index (χ2v) is 7.41. The summed E-state index contributed by atoms with van der Waals surface area (Å²) in [4.78, 5) is 12.5. The summed E-state index contributed by atoms with van der Waals surface area (Å²) in [7, 11) is 0. The van der Waals surface area contributed by atoms with Gasteiger partial charge < -0.3 is 10.1 Å². The lowest BCUT2D eigenvalue weighted by Crippen LogP contribution is -2.13. The molecule has 0 unspecified atom stereocenters. The van der Waals surface area contributed by atoms with Crippen LogP contribution in [0.1, 0.15) is 23.6 Å². The Balaban J connectivity index is 1.86. The van der Waals surface area contributed by atoms with Gasteiger partial charge in [-0.3, -0.25) is 4.79 Å². The van der Waals surface area contributed by atoms with E-state index in [-0.39, 0.29) is 5.57 Å². The average molecular weight is 461 g/mol. The molecule has 150 valence electrons. The molecule has 30 heavy (non-hydrogen) atoms. The smallest absolute Gasteiger partial charge is 0.266 e. The summed E-state index contributed by atoms with van der Waals surface area (Å²) in [6.45, 7) is 2.45. The minimum atomic E-state index is -0.445. The maximum Gasteiger partial charge on any atom is 0.266 e. The predicted molar refractivity (Wildman–Crippen MR) is 123 cm³/mol. The number of anilines is 1. The zero-order chi connectivity index (χ0) is 21.3. The minimum Gasteiger partial charge on any atom is -0.494 e. The van der Waals surface area contributed by atoms with Gasteiger partial charge in [0.2, 0.25) is 0 Å². The van der Waals surface area contributed by atoms with Crippen molar-refractivity contribution in [2.75, 3.05) is 11.9 Å². The maximum absolute atomic E-state index is 12.5. The number of hydrogen-bond acceptors (Lipinski definition) is 3. The maximum atomic E-state index is 12.5. The normalized spacial score (nSPS) is 10.9. The van der Waals surface area contributed by atoms with E-state index in [2.05, 4.69) is 27.3 Å². The van der Waals surface area contributed by atoms with Crippen LogP contribution in [-0.2, 0) is 11.2 Å². The van der Waals surface area contributed by atoms with E-state index >= 15 is 0 Å². The van der Waals surface area contributed by atoms with Crippen LogP contribution in [0.15, 0.2) is 82.8 Å². The highest BCUT2D eigenvalue weighted by molar-refractivity contribution is 9.10. The highest BCUT2D eigenvalue weighted by Crippen LogP contribution is 2.27. The Kier molecular flexibility index (Phi) is 7.42. The van der Waals surface area contributed by atoms with Crippen LogP contribution in [0.3, 0.4) is 0 Å². The van der Waals surface area contributed by atoms with Gasteiger partial charge in [0.15, 0.2) is 0 Å². The molecule has 0 radical (unpaired) electrons. The number of carbonyl (C=O) groups excluding carboxylic acids is 1. The number of benzene rings is 3. The quantitative estimate of drug-likeness (QED) is 0.348. The fraction of sp³-hybridized carbons (Fsp3) is 0.120. The Labute approximate surface area is 184 Å². The molecule has 0 fully saturated rings. The molecule has 3 rings (SSSR count). The first-order valence-corrected chi connectivity index (χ1v) is 10.4. The molecule has 0 aromatic heterocycles. The predicted octanol–water partition coefficient (Wildman–Crippen LogP) is 5.98. The first-order chi connectivity index (χ1) is 14.6. The molecule has 5 heteroatoms. The molecule has 0 saturated carbocycles. The summed E-state index contributed by atoms with van der Waals surface area (Å²) in [5, 5.41) is 12.2. The first kappa shape index (κ1) is 21.4. The lowest BCUT2D eigenvalue weighted by molar-refractivity contribution is -0.112. The van der Waals surface area contributed by atoms with Crippen LogP contribution in [-0.4, -0.2) is 12.5 Å². The van der Waals surface area contributed by atoms with E-state index in [9.17, 15) is 10.1 Å². The van der Waals surface area contributed by atoms with Gasteiger partial charge in [0, 0.05) is 16.6 Å². The van der Waals surface area contributed by atoms with E-state index in [4.69, 9.17) is 4.74 Å². The topological polar surface area (TPSA) is 62.1 Å². The van der Waals surface area contributed by atoms with Crippen molar-refractivity contribution in [3.63, 3.8) is 0 Å². The molecular weight excluding hydrogens is 440 g/mol. The third-order valence-electron chi connectivity index (χ3n) is 4.44.